The summed E-state index contributed by atoms with van der Waals surface area (Å²) in [4.78, 5) is 24.3. The number of carbonyl (C=O) groups excluding carboxylic acids is 2. The van der Waals surface area contributed by atoms with Crippen LogP contribution in [0.4, 0.5) is 0 Å². The predicted molar refractivity (Wildman–Crippen MR) is 236 cm³/mol. The van der Waals surface area contributed by atoms with Gasteiger partial charge in [-0.1, -0.05) is 192 Å². The molecule has 0 aromatic carbocycles. The third kappa shape index (κ3) is 41.8. The molecule has 0 saturated carbocycles. The molecule has 0 aliphatic carbocycles. The second kappa shape index (κ2) is 45.0. The highest BCUT2D eigenvalue weighted by Crippen LogP contribution is 2.15. The summed E-state index contributed by atoms with van der Waals surface area (Å²) in [6, 6.07) is -0.548. The summed E-state index contributed by atoms with van der Waals surface area (Å²) < 4.78 is 5.43. The molecule has 0 aliphatic heterocycles. The van der Waals surface area contributed by atoms with Gasteiger partial charge in [-0.2, -0.15) is 0 Å². The molecule has 0 aromatic heterocycles. The molecule has 0 bridgehead atoms. The van der Waals surface area contributed by atoms with Gasteiger partial charge in [0.25, 0.3) is 0 Å². The van der Waals surface area contributed by atoms with Gasteiger partial charge in [0.1, 0.15) is 0 Å². The molecule has 0 saturated heterocycles. The van der Waals surface area contributed by atoms with Gasteiger partial charge in [0.05, 0.1) is 25.4 Å². The summed E-state index contributed by atoms with van der Waals surface area (Å²) >= 11 is 0. The van der Waals surface area contributed by atoms with Crippen LogP contribution in [0.5, 0.6) is 0 Å². The van der Waals surface area contributed by atoms with Gasteiger partial charge in [-0.25, -0.2) is 0 Å². The Hall–Kier alpha value is -1.66. The highest BCUT2D eigenvalue weighted by atomic mass is 16.5. The summed E-state index contributed by atoms with van der Waals surface area (Å²) in [5, 5.41) is 23.1. The highest BCUT2D eigenvalue weighted by molar-refractivity contribution is 5.76. The van der Waals surface area contributed by atoms with Crippen LogP contribution in [-0.4, -0.2) is 47.4 Å². The maximum absolute atomic E-state index is 12.4. The molecular weight excluding hydrogens is 683 g/mol. The van der Waals surface area contributed by atoms with Crippen molar-refractivity contribution >= 4 is 11.9 Å². The van der Waals surface area contributed by atoms with E-state index >= 15 is 0 Å². The molecule has 0 fully saturated rings. The smallest absolute Gasteiger partial charge is 0.305 e. The molecule has 1 amide bonds. The first kappa shape index (κ1) is 53.3. The van der Waals surface area contributed by atoms with Gasteiger partial charge in [-0.15, -0.1) is 0 Å². The van der Waals surface area contributed by atoms with Crippen LogP contribution in [0.2, 0.25) is 0 Å². The predicted octanol–water partition coefficient (Wildman–Crippen LogP) is 14.0. The maximum atomic E-state index is 12.4. The molecule has 6 nitrogen and oxygen atoms in total. The lowest BCUT2D eigenvalue weighted by Crippen LogP contribution is -2.45. The minimum absolute atomic E-state index is 0.0136. The van der Waals surface area contributed by atoms with E-state index in [1.807, 2.05) is 0 Å². The molecule has 6 heteroatoms. The molecule has 0 spiro atoms. The zero-order valence-corrected chi connectivity index (χ0v) is 36.7. The van der Waals surface area contributed by atoms with Gasteiger partial charge in [-0.05, 0) is 70.6 Å². The zero-order valence-electron chi connectivity index (χ0n) is 36.7. The monoisotopic (exact) mass is 776 g/mol. The van der Waals surface area contributed by atoms with Crippen LogP contribution >= 0.6 is 0 Å². The molecule has 3 N–H and O–H groups in total. The average molecular weight is 776 g/mol. The minimum atomic E-state index is -0.669. The number of unbranched alkanes of at least 4 members (excludes halogenated alkanes) is 29. The van der Waals surface area contributed by atoms with E-state index in [1.54, 1.807) is 0 Å². The SMILES string of the molecule is CCCC/C=C\CCCCCCCC(=O)OCCCCCCCC/C=C\CCCCCCCCCC(=O)NC(CO)C(O)CCCCCCCCCCCC. The van der Waals surface area contributed by atoms with Crippen LogP contribution in [0.25, 0.3) is 0 Å². The Morgan fingerprint density at radius 1 is 0.491 bits per heavy atom. The van der Waals surface area contributed by atoms with Crippen LogP contribution in [0.15, 0.2) is 24.3 Å². The molecule has 324 valence electrons. The third-order valence-electron chi connectivity index (χ3n) is 11.0. The Bertz CT molecular complexity index is 858. The summed E-state index contributed by atoms with van der Waals surface area (Å²) in [6.07, 6.45) is 51.4. The van der Waals surface area contributed by atoms with Crippen molar-refractivity contribution in [1.82, 2.24) is 5.32 Å². The lowest BCUT2D eigenvalue weighted by atomic mass is 10.0. The number of ether oxygens (including phenoxy) is 1. The Kier molecular flexibility index (Phi) is 43.7. The standard InChI is InChI=1S/C49H93NO5/c1-3-5-7-9-11-13-22-27-31-35-39-43-49(54)55-44-40-36-32-28-24-21-19-17-15-16-18-20-23-26-30-34-38-42-48(53)50-46(45-51)47(52)41-37-33-29-25-14-12-10-8-6-4-2/h9,11,15,17,46-47,51-52H,3-8,10,12-14,16,18-45H2,1-2H3,(H,50,53)/b11-9-,17-15-. The number of hydrogen-bond donors (Lipinski definition) is 3. The topological polar surface area (TPSA) is 95.9 Å². The van der Waals surface area contributed by atoms with Crippen LogP contribution in [0.3, 0.4) is 0 Å². The number of aliphatic hydroxyl groups is 2. The normalized spacial score (nSPS) is 12.9. The molecule has 0 radical (unpaired) electrons. The van der Waals surface area contributed by atoms with Gasteiger partial charge < -0.3 is 20.3 Å². The second-order valence-electron chi connectivity index (χ2n) is 16.4. The van der Waals surface area contributed by atoms with Gasteiger partial charge in [0.2, 0.25) is 5.91 Å². The van der Waals surface area contributed by atoms with Crippen LogP contribution in [-0.2, 0) is 14.3 Å². The Labute approximate surface area is 341 Å². The van der Waals surface area contributed by atoms with Gasteiger partial charge >= 0.3 is 5.97 Å². The summed E-state index contributed by atoms with van der Waals surface area (Å²) in [5.41, 5.74) is 0. The van der Waals surface area contributed by atoms with E-state index in [0.717, 1.165) is 57.8 Å². The maximum Gasteiger partial charge on any atom is 0.305 e. The quantitative estimate of drug-likeness (QED) is 0.0325. The number of allylic oxidation sites excluding steroid dienone is 4. The Morgan fingerprint density at radius 2 is 0.873 bits per heavy atom. The fourth-order valence-corrected chi connectivity index (χ4v) is 7.20. The molecule has 0 heterocycles. The zero-order chi connectivity index (χ0) is 40.1. The summed E-state index contributed by atoms with van der Waals surface area (Å²) in [5.74, 6) is -0.0634. The van der Waals surface area contributed by atoms with Crippen molar-refractivity contribution in [3.63, 3.8) is 0 Å². The van der Waals surface area contributed by atoms with Crippen molar-refractivity contribution < 1.29 is 24.5 Å². The molecule has 0 rings (SSSR count). The summed E-state index contributed by atoms with van der Waals surface area (Å²) in [7, 11) is 0. The van der Waals surface area contributed by atoms with Crippen molar-refractivity contribution in [2.24, 2.45) is 0 Å². The Balaban J connectivity index is 3.46. The van der Waals surface area contributed by atoms with Gasteiger partial charge in [-0.3, -0.25) is 9.59 Å². The van der Waals surface area contributed by atoms with E-state index in [2.05, 4.69) is 43.5 Å². The first-order valence-electron chi connectivity index (χ1n) is 24.1. The third-order valence-corrected chi connectivity index (χ3v) is 11.0. The van der Waals surface area contributed by atoms with Gasteiger partial charge in [0.15, 0.2) is 0 Å². The number of rotatable bonds is 44. The first-order valence-corrected chi connectivity index (χ1v) is 24.1. The molecule has 2 atom stereocenters. The van der Waals surface area contributed by atoms with Crippen LogP contribution in [0.1, 0.15) is 251 Å². The van der Waals surface area contributed by atoms with E-state index in [1.165, 1.54) is 161 Å². The number of carbonyl (C=O) groups is 2. The van der Waals surface area contributed by atoms with Crippen molar-refractivity contribution in [2.75, 3.05) is 13.2 Å². The van der Waals surface area contributed by atoms with Crippen molar-refractivity contribution in [3.05, 3.63) is 24.3 Å². The van der Waals surface area contributed by atoms with Crippen LogP contribution < -0.4 is 5.32 Å². The van der Waals surface area contributed by atoms with E-state index < -0.39 is 12.1 Å². The van der Waals surface area contributed by atoms with Crippen molar-refractivity contribution in [3.8, 4) is 0 Å². The minimum Gasteiger partial charge on any atom is -0.466 e. The molecule has 0 aromatic rings. The molecule has 0 aliphatic rings. The van der Waals surface area contributed by atoms with Crippen LogP contribution in [0, 0.1) is 0 Å². The number of esters is 1. The highest BCUT2D eigenvalue weighted by Gasteiger charge is 2.20. The van der Waals surface area contributed by atoms with E-state index in [4.69, 9.17) is 4.74 Å². The van der Waals surface area contributed by atoms with E-state index in [0.29, 0.717) is 25.9 Å². The van der Waals surface area contributed by atoms with E-state index in [9.17, 15) is 19.8 Å². The number of hydrogen-bond acceptors (Lipinski definition) is 5. The fourth-order valence-electron chi connectivity index (χ4n) is 7.20. The van der Waals surface area contributed by atoms with Crippen molar-refractivity contribution in [1.29, 1.82) is 0 Å². The van der Waals surface area contributed by atoms with Gasteiger partial charge in [0, 0.05) is 12.8 Å². The second-order valence-corrected chi connectivity index (χ2v) is 16.4. The number of nitrogens with one attached hydrogen (secondary N) is 1. The van der Waals surface area contributed by atoms with E-state index in [-0.39, 0.29) is 18.5 Å². The lowest BCUT2D eigenvalue weighted by molar-refractivity contribution is -0.143. The summed E-state index contributed by atoms with van der Waals surface area (Å²) in [6.45, 7) is 4.87. The first-order chi connectivity index (χ1) is 27.0. The largest absolute Gasteiger partial charge is 0.466 e. The molecule has 55 heavy (non-hydrogen) atoms. The number of aliphatic hydroxyl groups excluding tert-OH is 2. The Morgan fingerprint density at radius 3 is 1.35 bits per heavy atom. The number of amides is 1. The lowest BCUT2D eigenvalue weighted by Gasteiger charge is -2.22. The average Bonchev–Trinajstić information content (AvgIpc) is 3.18. The fraction of sp³-hybridized carbons (Fsp3) is 0.878. The molecular formula is C49H93NO5. The molecule has 2 unspecified atom stereocenters. The van der Waals surface area contributed by atoms with Crippen molar-refractivity contribution in [2.45, 2.75) is 264 Å².